The highest BCUT2D eigenvalue weighted by Gasteiger charge is 2.24. The zero-order chi connectivity index (χ0) is 21.3. The highest BCUT2D eigenvalue weighted by Crippen LogP contribution is 2.24. The predicted molar refractivity (Wildman–Crippen MR) is 137 cm³/mol. The van der Waals surface area contributed by atoms with Gasteiger partial charge in [0, 0.05) is 68.4 Å². The van der Waals surface area contributed by atoms with Crippen molar-refractivity contribution in [3.63, 3.8) is 0 Å². The lowest BCUT2D eigenvalue weighted by Gasteiger charge is -2.32. The van der Waals surface area contributed by atoms with Crippen LogP contribution in [0.15, 0.2) is 29.5 Å². The molecule has 31 heavy (non-hydrogen) atoms. The minimum absolute atomic E-state index is 0. The minimum atomic E-state index is -0.198. The number of carbonyl (C=O) groups excluding carboxylic acids is 1. The Hall–Kier alpha value is -1.95. The van der Waals surface area contributed by atoms with Gasteiger partial charge in [-0.05, 0) is 25.3 Å². The summed E-state index contributed by atoms with van der Waals surface area (Å²) in [5.41, 5.74) is 6.56. The zero-order valence-corrected chi connectivity index (χ0v) is 21.3. The van der Waals surface area contributed by atoms with E-state index in [1.165, 1.54) is 4.88 Å². The first-order valence-corrected chi connectivity index (χ1v) is 11.3. The summed E-state index contributed by atoms with van der Waals surface area (Å²) in [7, 11) is 1.77. The van der Waals surface area contributed by atoms with Crippen LogP contribution in [0.5, 0.6) is 0 Å². The van der Waals surface area contributed by atoms with Crippen LogP contribution in [0.2, 0.25) is 0 Å². The van der Waals surface area contributed by atoms with Gasteiger partial charge in [0.1, 0.15) is 5.82 Å². The summed E-state index contributed by atoms with van der Waals surface area (Å²) in [4.78, 5) is 28.3. The lowest BCUT2D eigenvalue weighted by atomic mass is 9.96. The molecule has 3 rings (SSSR count). The molecule has 0 spiro atoms. The lowest BCUT2D eigenvalue weighted by Crippen LogP contribution is -2.40. The Morgan fingerprint density at radius 2 is 2.10 bits per heavy atom. The molecule has 0 unspecified atom stereocenters. The Morgan fingerprint density at radius 1 is 1.32 bits per heavy atom. The summed E-state index contributed by atoms with van der Waals surface area (Å²) in [6, 6.07) is 4.02. The molecule has 3 heterocycles. The van der Waals surface area contributed by atoms with E-state index in [1.807, 2.05) is 18.5 Å². The van der Waals surface area contributed by atoms with E-state index in [-0.39, 0.29) is 35.8 Å². The van der Waals surface area contributed by atoms with E-state index >= 15 is 0 Å². The second-order valence-corrected chi connectivity index (χ2v) is 8.53. The number of hydrogen-bond donors (Lipinski definition) is 3. The minimum Gasteiger partial charge on any atom is -0.369 e. The molecule has 1 aliphatic rings. The van der Waals surface area contributed by atoms with Gasteiger partial charge < -0.3 is 21.3 Å². The molecular weight excluding hydrogens is 525 g/mol. The molecule has 1 fully saturated rings. The summed E-state index contributed by atoms with van der Waals surface area (Å²) in [6.45, 7) is 5.12. The van der Waals surface area contributed by atoms with Gasteiger partial charge in [0.15, 0.2) is 5.96 Å². The Balaban J connectivity index is 0.00000341. The summed E-state index contributed by atoms with van der Waals surface area (Å²) >= 11 is 1.77. The largest absolute Gasteiger partial charge is 0.369 e. The molecule has 0 aliphatic carbocycles. The van der Waals surface area contributed by atoms with Crippen molar-refractivity contribution in [3.05, 3.63) is 40.0 Å². The van der Waals surface area contributed by atoms with E-state index in [0.29, 0.717) is 6.54 Å². The van der Waals surface area contributed by atoms with Crippen molar-refractivity contribution in [1.29, 1.82) is 0 Å². The monoisotopic (exact) mass is 557 g/mol. The van der Waals surface area contributed by atoms with E-state index in [9.17, 15) is 4.79 Å². The summed E-state index contributed by atoms with van der Waals surface area (Å²) in [5, 5.41) is 7.87. The first-order valence-electron chi connectivity index (χ1n) is 10.5. The van der Waals surface area contributed by atoms with Crippen molar-refractivity contribution in [3.8, 4) is 0 Å². The summed E-state index contributed by atoms with van der Waals surface area (Å²) in [5.74, 6) is 1.49. The molecule has 1 aliphatic heterocycles. The molecule has 8 nitrogen and oxygen atoms in total. The quantitative estimate of drug-likeness (QED) is 0.261. The number of guanidine groups is 1. The number of primary amides is 1. The number of rotatable bonds is 8. The Bertz CT molecular complexity index is 865. The van der Waals surface area contributed by atoms with E-state index in [2.05, 4.69) is 43.5 Å². The molecular formula is C21H32IN7OS. The first-order chi connectivity index (χ1) is 14.6. The fourth-order valence-electron chi connectivity index (χ4n) is 3.54. The number of nitrogens with two attached hydrogens (primary N) is 1. The van der Waals surface area contributed by atoms with Crippen LogP contribution in [0.3, 0.4) is 0 Å². The average molecular weight is 558 g/mol. The topological polar surface area (TPSA) is 109 Å². The molecule has 170 valence electrons. The van der Waals surface area contributed by atoms with Crippen molar-refractivity contribution < 1.29 is 4.79 Å². The van der Waals surface area contributed by atoms with E-state index in [4.69, 9.17) is 5.73 Å². The van der Waals surface area contributed by atoms with Crippen molar-refractivity contribution in [2.24, 2.45) is 16.6 Å². The number of aromatic nitrogens is 2. The Morgan fingerprint density at radius 3 is 2.74 bits per heavy atom. The van der Waals surface area contributed by atoms with Crippen LogP contribution in [0.4, 0.5) is 5.82 Å². The maximum Gasteiger partial charge on any atom is 0.220 e. The molecule has 0 bridgehead atoms. The number of halogens is 1. The van der Waals surface area contributed by atoms with Crippen LogP contribution in [-0.2, 0) is 24.2 Å². The van der Waals surface area contributed by atoms with Crippen molar-refractivity contribution in [2.75, 3.05) is 31.6 Å². The molecule has 1 saturated heterocycles. The molecule has 0 radical (unpaired) electrons. The average Bonchev–Trinajstić information content (AvgIpc) is 3.24. The van der Waals surface area contributed by atoms with E-state index < -0.39 is 0 Å². The highest BCUT2D eigenvalue weighted by atomic mass is 127. The molecule has 0 aromatic carbocycles. The maximum absolute atomic E-state index is 11.4. The third-order valence-corrected chi connectivity index (χ3v) is 6.52. The number of pyridine rings is 1. The van der Waals surface area contributed by atoms with Gasteiger partial charge in [-0.3, -0.25) is 9.79 Å². The second-order valence-electron chi connectivity index (χ2n) is 7.33. The Kier molecular flexibility index (Phi) is 10.4. The van der Waals surface area contributed by atoms with Crippen LogP contribution in [-0.4, -0.2) is 48.5 Å². The van der Waals surface area contributed by atoms with Gasteiger partial charge in [0.25, 0.3) is 0 Å². The summed E-state index contributed by atoms with van der Waals surface area (Å²) < 4.78 is 0. The molecule has 0 atom stereocenters. The number of aryl methyl sites for hydroxylation is 1. The van der Waals surface area contributed by atoms with Gasteiger partial charge >= 0.3 is 0 Å². The number of nitrogens with one attached hydrogen (secondary N) is 2. The van der Waals surface area contributed by atoms with Gasteiger partial charge in [0.2, 0.25) is 5.91 Å². The van der Waals surface area contributed by atoms with Crippen LogP contribution >= 0.6 is 35.3 Å². The number of amides is 1. The number of anilines is 1. The fraction of sp³-hybridized carbons (Fsp3) is 0.524. The van der Waals surface area contributed by atoms with Gasteiger partial charge in [-0.15, -0.1) is 35.3 Å². The highest BCUT2D eigenvalue weighted by molar-refractivity contribution is 14.0. The molecule has 1 amide bonds. The van der Waals surface area contributed by atoms with Gasteiger partial charge in [-0.2, -0.15) is 0 Å². The normalized spacial score (nSPS) is 14.8. The number of thiazole rings is 1. The standard InChI is InChI=1S/C21H31N7OS.HI/c1-3-17-14-26-18(30-17)6-10-25-21(23-2)27-13-16-5-4-9-24-20(16)28-11-7-15(8-12-28)19(22)29;/h4-5,9,14-15H,3,6-8,10-13H2,1-2H3,(H2,22,29)(H2,23,25,27);1H. The maximum atomic E-state index is 11.4. The number of nitrogens with zero attached hydrogens (tertiary/aromatic N) is 4. The third-order valence-electron chi connectivity index (χ3n) is 5.32. The number of carbonyl (C=O) groups is 1. The van der Waals surface area contributed by atoms with Crippen molar-refractivity contribution >= 4 is 53.0 Å². The van der Waals surface area contributed by atoms with Gasteiger partial charge in [-0.1, -0.05) is 13.0 Å². The number of piperidine rings is 1. The first kappa shape index (κ1) is 25.3. The molecule has 0 saturated carbocycles. The van der Waals surface area contributed by atoms with Gasteiger partial charge in [0.05, 0.1) is 5.01 Å². The van der Waals surface area contributed by atoms with Crippen LogP contribution < -0.4 is 21.3 Å². The van der Waals surface area contributed by atoms with Crippen LogP contribution in [0.1, 0.15) is 35.2 Å². The molecule has 2 aromatic heterocycles. The third kappa shape index (κ3) is 7.30. The van der Waals surface area contributed by atoms with Gasteiger partial charge in [-0.25, -0.2) is 9.97 Å². The fourth-order valence-corrected chi connectivity index (χ4v) is 4.41. The predicted octanol–water partition coefficient (Wildman–Crippen LogP) is 2.33. The zero-order valence-electron chi connectivity index (χ0n) is 18.1. The number of aliphatic imine (C=N–C) groups is 1. The second kappa shape index (κ2) is 12.8. The summed E-state index contributed by atoms with van der Waals surface area (Å²) in [6.07, 6.45) is 7.23. The van der Waals surface area contributed by atoms with Crippen molar-refractivity contribution in [1.82, 2.24) is 20.6 Å². The Labute approximate surface area is 205 Å². The lowest BCUT2D eigenvalue weighted by molar-refractivity contribution is -0.122. The van der Waals surface area contributed by atoms with Crippen LogP contribution in [0, 0.1) is 5.92 Å². The van der Waals surface area contributed by atoms with E-state index in [0.717, 1.165) is 67.7 Å². The molecule has 4 N–H and O–H groups in total. The molecule has 2 aromatic rings. The number of hydrogen-bond acceptors (Lipinski definition) is 6. The van der Waals surface area contributed by atoms with E-state index in [1.54, 1.807) is 18.4 Å². The smallest absolute Gasteiger partial charge is 0.220 e. The molecule has 10 heteroatoms. The van der Waals surface area contributed by atoms with Crippen molar-refractivity contribution in [2.45, 2.75) is 39.2 Å². The van der Waals surface area contributed by atoms with Crippen LogP contribution in [0.25, 0.3) is 0 Å². The SMILES string of the molecule is CCc1cnc(CCNC(=NC)NCc2cccnc2N2CCC(C(N)=O)CC2)s1.I.